The van der Waals surface area contributed by atoms with Gasteiger partial charge in [-0.25, -0.2) is 0 Å². The minimum atomic E-state index is 0.443. The average Bonchev–Trinajstić information content (AvgIpc) is 2.78. The van der Waals surface area contributed by atoms with Gasteiger partial charge in [-0.15, -0.1) is 0 Å². The molecule has 0 spiro atoms. The smallest absolute Gasteiger partial charge is 0.234 e. The van der Waals surface area contributed by atoms with Crippen LogP contribution in [-0.2, 0) is 13.2 Å². The highest BCUT2D eigenvalue weighted by molar-refractivity contribution is 5.38. The van der Waals surface area contributed by atoms with Crippen molar-refractivity contribution in [1.29, 1.82) is 0 Å². The molecule has 0 amide bonds. The largest absolute Gasteiger partial charge is 0.489 e. The van der Waals surface area contributed by atoms with Gasteiger partial charge in [0.05, 0.1) is 12.4 Å². The molecule has 4 rings (SSSR count). The van der Waals surface area contributed by atoms with Crippen molar-refractivity contribution in [2.45, 2.75) is 13.2 Å². The second kappa shape index (κ2) is 9.19. The maximum Gasteiger partial charge on any atom is 0.234 e. The highest BCUT2D eigenvalue weighted by Crippen LogP contribution is 2.18. The number of ether oxygens (including phenoxy) is 2. The number of nitrogens with zero attached hydrogens (tertiary/aromatic N) is 3. The summed E-state index contributed by atoms with van der Waals surface area (Å²) in [4.78, 5) is 11.1. The number of anilines is 1. The molecule has 1 fully saturated rings. The van der Waals surface area contributed by atoms with E-state index in [0.717, 1.165) is 48.9 Å². The molecule has 0 aliphatic carbocycles. The maximum atomic E-state index is 5.84. The summed E-state index contributed by atoms with van der Waals surface area (Å²) in [5.74, 6) is 2.25. The topological polar surface area (TPSA) is 59.5 Å². The van der Waals surface area contributed by atoms with Gasteiger partial charge in [0.15, 0.2) is 5.82 Å². The van der Waals surface area contributed by atoms with Crippen molar-refractivity contribution in [2.75, 3.05) is 31.1 Å². The zero-order chi connectivity index (χ0) is 19.0. The summed E-state index contributed by atoms with van der Waals surface area (Å²) in [5.41, 5.74) is 2.21. The van der Waals surface area contributed by atoms with Gasteiger partial charge in [0.2, 0.25) is 5.88 Å². The summed E-state index contributed by atoms with van der Waals surface area (Å²) >= 11 is 0. The summed E-state index contributed by atoms with van der Waals surface area (Å²) in [5, 5.41) is 3.34. The Bertz CT molecular complexity index is 865. The molecule has 6 heteroatoms. The number of benzene rings is 2. The fraction of sp³-hybridized carbons (Fsp3) is 0.273. The van der Waals surface area contributed by atoms with Crippen LogP contribution in [0.4, 0.5) is 5.82 Å². The Morgan fingerprint density at radius 1 is 0.821 bits per heavy atom. The fourth-order valence-corrected chi connectivity index (χ4v) is 3.03. The predicted molar refractivity (Wildman–Crippen MR) is 109 cm³/mol. The lowest BCUT2D eigenvalue weighted by atomic mass is 10.2. The molecule has 1 N–H and O–H groups in total. The van der Waals surface area contributed by atoms with Crippen LogP contribution in [0.1, 0.15) is 11.1 Å². The van der Waals surface area contributed by atoms with Crippen molar-refractivity contribution in [3.05, 3.63) is 78.1 Å². The zero-order valence-corrected chi connectivity index (χ0v) is 15.8. The van der Waals surface area contributed by atoms with Crippen LogP contribution < -0.4 is 19.7 Å². The lowest BCUT2D eigenvalue weighted by Crippen LogP contribution is -2.43. The molecule has 1 aromatic heterocycles. The molecule has 144 valence electrons. The first kappa shape index (κ1) is 18.3. The van der Waals surface area contributed by atoms with Crippen LogP contribution in [0.15, 0.2) is 67.0 Å². The number of piperazine rings is 1. The van der Waals surface area contributed by atoms with E-state index < -0.39 is 0 Å². The standard InChI is InChI=1S/C22H24N4O2/c1-2-4-18(5-3-1)16-27-20-8-6-19(7-9-20)17-28-22-15-24-14-21(25-22)26-12-10-23-11-13-26/h1-9,14-15,23H,10-13,16-17H2. The number of hydrogen-bond donors (Lipinski definition) is 1. The molecule has 0 unspecified atom stereocenters. The van der Waals surface area contributed by atoms with Crippen LogP contribution in [-0.4, -0.2) is 36.1 Å². The number of rotatable bonds is 7. The average molecular weight is 376 g/mol. The van der Waals surface area contributed by atoms with Crippen molar-refractivity contribution in [2.24, 2.45) is 0 Å². The SMILES string of the molecule is c1ccc(COc2ccc(COc3cncc(N4CCNCC4)n3)cc2)cc1. The van der Waals surface area contributed by atoms with Gasteiger partial charge in [-0.3, -0.25) is 4.98 Å². The first-order valence-corrected chi connectivity index (χ1v) is 9.53. The molecule has 2 aromatic carbocycles. The second-order valence-corrected chi connectivity index (χ2v) is 6.66. The maximum absolute atomic E-state index is 5.84. The van der Waals surface area contributed by atoms with Crippen LogP contribution in [0.2, 0.25) is 0 Å². The Morgan fingerprint density at radius 3 is 2.32 bits per heavy atom. The lowest BCUT2D eigenvalue weighted by Gasteiger charge is -2.28. The highest BCUT2D eigenvalue weighted by Gasteiger charge is 2.12. The van der Waals surface area contributed by atoms with Crippen molar-refractivity contribution in [3.8, 4) is 11.6 Å². The van der Waals surface area contributed by atoms with Gasteiger partial charge >= 0.3 is 0 Å². The van der Waals surface area contributed by atoms with Crippen molar-refractivity contribution in [3.63, 3.8) is 0 Å². The molecule has 3 aromatic rings. The summed E-state index contributed by atoms with van der Waals surface area (Å²) in [7, 11) is 0. The zero-order valence-electron chi connectivity index (χ0n) is 15.8. The van der Waals surface area contributed by atoms with E-state index in [9.17, 15) is 0 Å². The molecular weight excluding hydrogens is 352 g/mol. The van der Waals surface area contributed by atoms with Gasteiger partial charge < -0.3 is 19.7 Å². The Hall–Kier alpha value is -3.12. The van der Waals surface area contributed by atoms with Crippen LogP contribution >= 0.6 is 0 Å². The summed E-state index contributed by atoms with van der Waals surface area (Å²) < 4.78 is 11.7. The van der Waals surface area contributed by atoms with E-state index in [-0.39, 0.29) is 0 Å². The summed E-state index contributed by atoms with van der Waals surface area (Å²) in [6.07, 6.45) is 3.44. The molecule has 1 saturated heterocycles. The Balaban J connectivity index is 1.30. The minimum Gasteiger partial charge on any atom is -0.489 e. The number of nitrogens with one attached hydrogen (secondary N) is 1. The molecule has 1 aliphatic rings. The lowest BCUT2D eigenvalue weighted by molar-refractivity contribution is 0.290. The number of aromatic nitrogens is 2. The normalized spacial score (nSPS) is 13.9. The van der Waals surface area contributed by atoms with Gasteiger partial charge in [-0.05, 0) is 23.3 Å². The van der Waals surface area contributed by atoms with Gasteiger partial charge in [-0.1, -0.05) is 42.5 Å². The first-order valence-electron chi connectivity index (χ1n) is 9.53. The summed E-state index contributed by atoms with van der Waals surface area (Å²) in [6.45, 7) is 4.80. The first-order chi connectivity index (χ1) is 13.9. The third-order valence-electron chi connectivity index (χ3n) is 4.60. The fourth-order valence-electron chi connectivity index (χ4n) is 3.03. The van der Waals surface area contributed by atoms with E-state index in [1.165, 1.54) is 0 Å². The molecule has 0 saturated carbocycles. The summed E-state index contributed by atoms with van der Waals surface area (Å²) in [6, 6.07) is 18.1. The predicted octanol–water partition coefficient (Wildman–Crippen LogP) is 3.04. The molecule has 1 aliphatic heterocycles. The quantitative estimate of drug-likeness (QED) is 0.684. The molecule has 0 atom stereocenters. The van der Waals surface area contributed by atoms with E-state index in [4.69, 9.17) is 9.47 Å². The van der Waals surface area contributed by atoms with Gasteiger partial charge in [0.25, 0.3) is 0 Å². The van der Waals surface area contributed by atoms with E-state index in [0.29, 0.717) is 19.1 Å². The third kappa shape index (κ3) is 4.98. The molecule has 0 radical (unpaired) electrons. The molecule has 6 nitrogen and oxygen atoms in total. The van der Waals surface area contributed by atoms with Crippen LogP contribution in [0.3, 0.4) is 0 Å². The molecule has 28 heavy (non-hydrogen) atoms. The van der Waals surface area contributed by atoms with Crippen molar-refractivity contribution >= 4 is 5.82 Å². The van der Waals surface area contributed by atoms with Crippen LogP contribution in [0.5, 0.6) is 11.6 Å². The van der Waals surface area contributed by atoms with Gasteiger partial charge in [0, 0.05) is 26.2 Å². The van der Waals surface area contributed by atoms with Crippen LogP contribution in [0.25, 0.3) is 0 Å². The van der Waals surface area contributed by atoms with E-state index in [2.05, 4.69) is 32.3 Å². The Kier molecular flexibility index (Phi) is 5.99. The highest BCUT2D eigenvalue weighted by atomic mass is 16.5. The third-order valence-corrected chi connectivity index (χ3v) is 4.60. The van der Waals surface area contributed by atoms with Crippen molar-refractivity contribution < 1.29 is 9.47 Å². The molecular formula is C22H24N4O2. The second-order valence-electron chi connectivity index (χ2n) is 6.66. The number of hydrogen-bond acceptors (Lipinski definition) is 6. The minimum absolute atomic E-state index is 0.443. The monoisotopic (exact) mass is 376 g/mol. The van der Waals surface area contributed by atoms with E-state index in [1.807, 2.05) is 42.5 Å². The Morgan fingerprint density at radius 2 is 1.54 bits per heavy atom. The molecule has 0 bridgehead atoms. The van der Waals surface area contributed by atoms with E-state index >= 15 is 0 Å². The van der Waals surface area contributed by atoms with Gasteiger partial charge in [0.1, 0.15) is 19.0 Å². The van der Waals surface area contributed by atoms with E-state index in [1.54, 1.807) is 12.4 Å². The van der Waals surface area contributed by atoms with Gasteiger partial charge in [-0.2, -0.15) is 4.98 Å². The van der Waals surface area contributed by atoms with Crippen molar-refractivity contribution in [1.82, 2.24) is 15.3 Å². The Labute approximate surface area is 165 Å². The van der Waals surface area contributed by atoms with Crippen LogP contribution in [0, 0.1) is 0 Å². The molecule has 2 heterocycles.